The van der Waals surface area contributed by atoms with Gasteiger partial charge < -0.3 is 4.90 Å². The number of carbonyl (C=O) groups is 1. The van der Waals surface area contributed by atoms with E-state index in [2.05, 4.69) is 50.8 Å². The van der Waals surface area contributed by atoms with Crippen LogP contribution >= 0.6 is 0 Å². The van der Waals surface area contributed by atoms with Crippen LogP contribution in [-0.2, 0) is 11.2 Å². The van der Waals surface area contributed by atoms with Gasteiger partial charge in [-0.3, -0.25) is 15.6 Å². The van der Waals surface area contributed by atoms with Crippen molar-refractivity contribution in [3.8, 4) is 11.4 Å². The van der Waals surface area contributed by atoms with Gasteiger partial charge in [0.05, 0.1) is 5.69 Å². The predicted molar refractivity (Wildman–Crippen MR) is 109 cm³/mol. The molecule has 0 fully saturated rings. The molecule has 1 aliphatic rings. The van der Waals surface area contributed by atoms with Crippen molar-refractivity contribution in [1.82, 2.24) is 20.4 Å². The van der Waals surface area contributed by atoms with E-state index < -0.39 is 0 Å². The van der Waals surface area contributed by atoms with E-state index >= 15 is 0 Å². The van der Waals surface area contributed by atoms with E-state index in [1.54, 1.807) is 6.33 Å². The molecule has 4 rings (SSSR count). The van der Waals surface area contributed by atoms with Crippen molar-refractivity contribution in [2.45, 2.75) is 26.7 Å². The molecule has 0 bridgehead atoms. The third kappa shape index (κ3) is 3.78. The molecule has 0 spiro atoms. The molecule has 0 unspecified atom stereocenters. The highest BCUT2D eigenvalue weighted by Gasteiger charge is 2.21. The van der Waals surface area contributed by atoms with E-state index in [1.165, 1.54) is 23.7 Å². The number of rotatable bonds is 4. The summed E-state index contributed by atoms with van der Waals surface area (Å²) in [5.41, 5.74) is 10.8. The highest BCUT2D eigenvalue weighted by atomic mass is 16.2. The van der Waals surface area contributed by atoms with Gasteiger partial charge >= 0.3 is 0 Å². The Hall–Kier alpha value is -3.48. The van der Waals surface area contributed by atoms with E-state index in [1.807, 2.05) is 24.3 Å². The molecule has 1 aliphatic heterocycles. The fraction of sp³-hybridized carbons (Fsp3) is 0.238. The summed E-state index contributed by atoms with van der Waals surface area (Å²) in [4.78, 5) is 26.6. The summed E-state index contributed by atoms with van der Waals surface area (Å²) in [6.07, 6.45) is 3.71. The van der Waals surface area contributed by atoms with Crippen LogP contribution in [0, 0.1) is 6.92 Å². The van der Waals surface area contributed by atoms with Crippen LogP contribution in [0.15, 0.2) is 48.8 Å². The Labute approximate surface area is 163 Å². The van der Waals surface area contributed by atoms with Crippen LogP contribution in [-0.4, -0.2) is 27.4 Å². The molecule has 142 valence electrons. The monoisotopic (exact) mass is 374 g/mol. The van der Waals surface area contributed by atoms with E-state index in [0.717, 1.165) is 30.6 Å². The minimum absolute atomic E-state index is 0.150. The van der Waals surface area contributed by atoms with Crippen molar-refractivity contribution in [1.29, 1.82) is 0 Å². The summed E-state index contributed by atoms with van der Waals surface area (Å²) in [7, 11) is 0. The van der Waals surface area contributed by atoms with Crippen molar-refractivity contribution >= 4 is 23.2 Å². The molecule has 2 N–H and O–H groups in total. The average molecular weight is 374 g/mol. The van der Waals surface area contributed by atoms with Gasteiger partial charge in [0.25, 0.3) is 0 Å². The fourth-order valence-corrected chi connectivity index (χ4v) is 3.35. The minimum Gasteiger partial charge on any atom is -0.310 e. The molecule has 2 aromatic carbocycles. The van der Waals surface area contributed by atoms with E-state index in [4.69, 9.17) is 4.98 Å². The van der Waals surface area contributed by atoms with Crippen molar-refractivity contribution in [3.05, 3.63) is 59.9 Å². The lowest BCUT2D eigenvalue weighted by Gasteiger charge is -2.29. The number of aromatic nitrogens is 3. The quantitative estimate of drug-likeness (QED) is 0.681. The molecule has 0 atom stereocenters. The molecule has 0 aliphatic carbocycles. The van der Waals surface area contributed by atoms with Crippen LogP contribution in [0.5, 0.6) is 0 Å². The van der Waals surface area contributed by atoms with Gasteiger partial charge in [0.1, 0.15) is 6.33 Å². The first-order valence-corrected chi connectivity index (χ1v) is 9.29. The van der Waals surface area contributed by atoms with Gasteiger partial charge in [-0.25, -0.2) is 9.97 Å². The first-order chi connectivity index (χ1) is 13.6. The number of aryl methyl sites for hydroxylation is 2. The second kappa shape index (κ2) is 7.64. The number of amides is 1. The molecular formula is C21H22N6O. The lowest BCUT2D eigenvalue weighted by Crippen LogP contribution is -2.26. The molecule has 7 heteroatoms. The topological polar surface area (TPSA) is 83.0 Å². The van der Waals surface area contributed by atoms with Gasteiger partial charge in [-0.05, 0) is 55.7 Å². The standard InChI is InChI=1S/C21H22N6O/c1-14-5-10-19-17(12-14)4-3-11-27(19)21-23-13-22-20(24-21)16-6-8-18(9-7-16)26-25-15(2)28/h5-10,12-13,26H,3-4,11H2,1-2H3,(H,25,28). The summed E-state index contributed by atoms with van der Waals surface area (Å²) in [5, 5.41) is 0. The van der Waals surface area contributed by atoms with Gasteiger partial charge in [0, 0.05) is 24.7 Å². The largest absolute Gasteiger partial charge is 0.310 e. The number of anilines is 3. The molecule has 0 saturated heterocycles. The smallest absolute Gasteiger partial charge is 0.235 e. The van der Waals surface area contributed by atoms with Gasteiger partial charge in [0.2, 0.25) is 11.9 Å². The number of carbonyl (C=O) groups excluding carboxylic acids is 1. The second-order valence-electron chi connectivity index (χ2n) is 6.88. The summed E-state index contributed by atoms with van der Waals surface area (Å²) in [6.45, 7) is 4.46. The number of benzene rings is 2. The number of nitrogens with zero attached hydrogens (tertiary/aromatic N) is 4. The highest BCUT2D eigenvalue weighted by Crippen LogP contribution is 2.32. The van der Waals surface area contributed by atoms with E-state index in [9.17, 15) is 4.79 Å². The molecule has 28 heavy (non-hydrogen) atoms. The summed E-state index contributed by atoms with van der Waals surface area (Å²) in [6, 6.07) is 14.1. The molecule has 0 saturated carbocycles. The zero-order chi connectivity index (χ0) is 19.5. The van der Waals surface area contributed by atoms with E-state index in [-0.39, 0.29) is 5.91 Å². The maximum Gasteiger partial charge on any atom is 0.235 e. The number of fused-ring (bicyclic) bond motifs is 1. The Balaban J connectivity index is 1.60. The van der Waals surface area contributed by atoms with Gasteiger partial charge in [-0.2, -0.15) is 4.98 Å². The fourth-order valence-electron chi connectivity index (χ4n) is 3.35. The first-order valence-electron chi connectivity index (χ1n) is 9.29. The molecule has 3 aromatic rings. The molecule has 1 amide bonds. The van der Waals surface area contributed by atoms with Crippen molar-refractivity contribution in [2.24, 2.45) is 0 Å². The molecule has 7 nitrogen and oxygen atoms in total. The molecule has 2 heterocycles. The SMILES string of the molecule is CC(=O)NNc1ccc(-c2ncnc(N3CCCc4cc(C)ccc43)n2)cc1. The highest BCUT2D eigenvalue weighted by molar-refractivity contribution is 5.74. The third-order valence-corrected chi connectivity index (χ3v) is 4.68. The van der Waals surface area contributed by atoms with Crippen LogP contribution in [0.25, 0.3) is 11.4 Å². The van der Waals surface area contributed by atoms with Crippen molar-refractivity contribution < 1.29 is 4.79 Å². The van der Waals surface area contributed by atoms with E-state index in [0.29, 0.717) is 11.8 Å². The van der Waals surface area contributed by atoms with Crippen molar-refractivity contribution in [2.75, 3.05) is 16.9 Å². The Morgan fingerprint density at radius 1 is 1.11 bits per heavy atom. The molecular weight excluding hydrogens is 352 g/mol. The number of hydrogen-bond donors (Lipinski definition) is 2. The lowest BCUT2D eigenvalue weighted by atomic mass is 10.00. The Morgan fingerprint density at radius 3 is 2.71 bits per heavy atom. The zero-order valence-electron chi connectivity index (χ0n) is 15.9. The Bertz CT molecular complexity index is 1000. The van der Waals surface area contributed by atoms with Crippen LogP contribution < -0.4 is 15.8 Å². The normalized spacial score (nSPS) is 13.0. The van der Waals surface area contributed by atoms with Crippen LogP contribution in [0.4, 0.5) is 17.3 Å². The average Bonchev–Trinajstić information content (AvgIpc) is 2.72. The number of hydrogen-bond acceptors (Lipinski definition) is 6. The predicted octanol–water partition coefficient (Wildman–Crippen LogP) is 3.39. The maximum atomic E-state index is 11.0. The molecule has 0 radical (unpaired) electrons. The van der Waals surface area contributed by atoms with Gasteiger partial charge in [0.15, 0.2) is 5.82 Å². The zero-order valence-corrected chi connectivity index (χ0v) is 15.9. The summed E-state index contributed by atoms with van der Waals surface area (Å²) < 4.78 is 0. The maximum absolute atomic E-state index is 11.0. The minimum atomic E-state index is -0.150. The van der Waals surface area contributed by atoms with Gasteiger partial charge in [-0.15, -0.1) is 0 Å². The molecule has 1 aromatic heterocycles. The number of nitrogens with one attached hydrogen (secondary N) is 2. The second-order valence-corrected chi connectivity index (χ2v) is 6.88. The first kappa shape index (κ1) is 17.9. The Kier molecular flexibility index (Phi) is 4.89. The third-order valence-electron chi connectivity index (χ3n) is 4.68. The lowest BCUT2D eigenvalue weighted by molar-refractivity contribution is -0.118. The summed E-state index contributed by atoms with van der Waals surface area (Å²) >= 11 is 0. The Morgan fingerprint density at radius 2 is 1.93 bits per heavy atom. The van der Waals surface area contributed by atoms with Gasteiger partial charge in [-0.1, -0.05) is 17.7 Å². The van der Waals surface area contributed by atoms with Crippen LogP contribution in [0.2, 0.25) is 0 Å². The summed E-state index contributed by atoms with van der Waals surface area (Å²) in [5.74, 6) is 1.13. The van der Waals surface area contributed by atoms with Crippen LogP contribution in [0.1, 0.15) is 24.5 Å². The van der Waals surface area contributed by atoms with Crippen molar-refractivity contribution in [3.63, 3.8) is 0 Å². The number of hydrazine groups is 1. The van der Waals surface area contributed by atoms with Crippen LogP contribution in [0.3, 0.4) is 0 Å².